The van der Waals surface area contributed by atoms with Crippen LogP contribution < -0.4 is 10.5 Å². The highest BCUT2D eigenvalue weighted by Crippen LogP contribution is 2.26. The summed E-state index contributed by atoms with van der Waals surface area (Å²) in [5.41, 5.74) is 6.98. The Hall–Kier alpha value is -1.71. The van der Waals surface area contributed by atoms with Crippen molar-refractivity contribution in [3.05, 3.63) is 23.8 Å². The molecule has 2 rings (SSSR count). The number of amides is 1. The number of ether oxygens (including phenoxy) is 1. The highest BCUT2D eigenvalue weighted by molar-refractivity contribution is 5.95. The number of methoxy groups -OCH3 is 1. The summed E-state index contributed by atoms with van der Waals surface area (Å²) in [5, 5.41) is 0. The summed E-state index contributed by atoms with van der Waals surface area (Å²) in [6.07, 6.45) is 2.26. The van der Waals surface area contributed by atoms with Gasteiger partial charge in [-0.05, 0) is 43.9 Å². The van der Waals surface area contributed by atoms with Gasteiger partial charge in [0.2, 0.25) is 0 Å². The maximum absolute atomic E-state index is 12.6. The Morgan fingerprint density at radius 2 is 2.11 bits per heavy atom. The van der Waals surface area contributed by atoms with E-state index in [1.165, 1.54) is 6.42 Å². The molecule has 1 heterocycles. The van der Waals surface area contributed by atoms with Gasteiger partial charge in [0.1, 0.15) is 5.75 Å². The van der Waals surface area contributed by atoms with Crippen LogP contribution in [0, 0.1) is 5.92 Å². The highest BCUT2D eigenvalue weighted by atomic mass is 16.5. The predicted molar refractivity (Wildman–Crippen MR) is 76.3 cm³/mol. The number of carbonyl (C=O) groups excluding carboxylic acids is 1. The molecule has 0 radical (unpaired) electrons. The van der Waals surface area contributed by atoms with Crippen LogP contribution in [-0.4, -0.2) is 30.5 Å². The number of benzene rings is 1. The second-order valence-corrected chi connectivity index (χ2v) is 5.45. The van der Waals surface area contributed by atoms with Crippen molar-refractivity contribution in [2.24, 2.45) is 5.92 Å². The Bertz CT molecular complexity index is 473. The molecule has 1 fully saturated rings. The second kappa shape index (κ2) is 5.51. The lowest BCUT2D eigenvalue weighted by atomic mass is 9.94. The number of likely N-dealkylation sites (tertiary alicyclic amines) is 1. The molecule has 0 saturated carbocycles. The predicted octanol–water partition coefficient (Wildman–Crippen LogP) is 2.54. The fraction of sp³-hybridized carbons (Fsp3) is 0.533. The topological polar surface area (TPSA) is 55.6 Å². The fourth-order valence-corrected chi connectivity index (χ4v) is 2.58. The maximum atomic E-state index is 12.6. The summed E-state index contributed by atoms with van der Waals surface area (Å²) >= 11 is 0. The van der Waals surface area contributed by atoms with E-state index in [9.17, 15) is 4.79 Å². The van der Waals surface area contributed by atoms with E-state index in [1.807, 2.05) is 4.90 Å². The molecule has 1 aromatic carbocycles. The van der Waals surface area contributed by atoms with Gasteiger partial charge >= 0.3 is 0 Å². The lowest BCUT2D eigenvalue weighted by Gasteiger charge is -2.37. The summed E-state index contributed by atoms with van der Waals surface area (Å²) < 4.78 is 5.18. The van der Waals surface area contributed by atoms with Gasteiger partial charge in [0, 0.05) is 18.2 Å². The first-order chi connectivity index (χ1) is 9.02. The molecular formula is C15H22N2O2. The van der Waals surface area contributed by atoms with E-state index in [0.29, 0.717) is 29.0 Å². The van der Waals surface area contributed by atoms with Crippen LogP contribution in [0.2, 0.25) is 0 Å². The molecule has 1 aliphatic rings. The third-order valence-electron chi connectivity index (χ3n) is 3.86. The first-order valence-corrected chi connectivity index (χ1v) is 6.77. The van der Waals surface area contributed by atoms with E-state index in [2.05, 4.69) is 13.8 Å². The minimum absolute atomic E-state index is 0.0670. The molecule has 104 valence electrons. The SMILES string of the molecule is COc1cc(C(=O)N2CC(C)CCC2C)ccc1N. The van der Waals surface area contributed by atoms with Crippen LogP contribution >= 0.6 is 0 Å². The number of nitrogen functional groups attached to an aromatic ring is 1. The number of hydrogen-bond donors (Lipinski definition) is 1. The van der Waals surface area contributed by atoms with Gasteiger partial charge in [-0.3, -0.25) is 4.79 Å². The minimum Gasteiger partial charge on any atom is -0.495 e. The van der Waals surface area contributed by atoms with Gasteiger partial charge in [-0.15, -0.1) is 0 Å². The van der Waals surface area contributed by atoms with E-state index in [1.54, 1.807) is 25.3 Å². The van der Waals surface area contributed by atoms with E-state index in [0.717, 1.165) is 13.0 Å². The monoisotopic (exact) mass is 262 g/mol. The minimum atomic E-state index is 0.0670. The van der Waals surface area contributed by atoms with E-state index in [4.69, 9.17) is 10.5 Å². The van der Waals surface area contributed by atoms with Crippen molar-refractivity contribution in [2.75, 3.05) is 19.4 Å². The molecule has 2 unspecified atom stereocenters. The Balaban J connectivity index is 2.23. The first-order valence-electron chi connectivity index (χ1n) is 6.77. The molecule has 4 nitrogen and oxygen atoms in total. The molecule has 2 N–H and O–H groups in total. The molecule has 4 heteroatoms. The summed E-state index contributed by atoms with van der Waals surface area (Å²) in [6, 6.07) is 5.52. The average Bonchev–Trinajstić information content (AvgIpc) is 2.41. The van der Waals surface area contributed by atoms with Crippen molar-refractivity contribution in [1.82, 2.24) is 4.90 Å². The normalized spacial score (nSPS) is 23.2. The Morgan fingerprint density at radius 3 is 2.79 bits per heavy atom. The number of rotatable bonds is 2. The van der Waals surface area contributed by atoms with Crippen molar-refractivity contribution in [3.63, 3.8) is 0 Å². The van der Waals surface area contributed by atoms with Crippen molar-refractivity contribution >= 4 is 11.6 Å². The zero-order valence-corrected chi connectivity index (χ0v) is 11.8. The zero-order chi connectivity index (χ0) is 14.0. The van der Waals surface area contributed by atoms with Crippen molar-refractivity contribution < 1.29 is 9.53 Å². The second-order valence-electron chi connectivity index (χ2n) is 5.45. The van der Waals surface area contributed by atoms with Gasteiger partial charge in [-0.1, -0.05) is 6.92 Å². The largest absolute Gasteiger partial charge is 0.495 e. The third-order valence-corrected chi connectivity index (χ3v) is 3.86. The molecule has 1 aliphatic heterocycles. The standard InChI is InChI=1S/C15H22N2O2/c1-10-4-5-11(2)17(9-10)15(18)12-6-7-13(16)14(8-12)19-3/h6-8,10-11H,4-5,9,16H2,1-3H3. The fourth-order valence-electron chi connectivity index (χ4n) is 2.58. The molecule has 2 atom stereocenters. The van der Waals surface area contributed by atoms with E-state index < -0.39 is 0 Å². The van der Waals surface area contributed by atoms with Crippen molar-refractivity contribution in [1.29, 1.82) is 0 Å². The number of piperidine rings is 1. The van der Waals surface area contributed by atoms with Crippen LogP contribution in [-0.2, 0) is 0 Å². The Kier molecular flexibility index (Phi) is 3.98. The molecule has 19 heavy (non-hydrogen) atoms. The van der Waals surface area contributed by atoms with Gasteiger partial charge in [-0.2, -0.15) is 0 Å². The average molecular weight is 262 g/mol. The van der Waals surface area contributed by atoms with Crippen LogP contribution in [0.3, 0.4) is 0 Å². The summed E-state index contributed by atoms with van der Waals surface area (Å²) in [4.78, 5) is 14.5. The van der Waals surface area contributed by atoms with Crippen LogP contribution in [0.5, 0.6) is 5.75 Å². The van der Waals surface area contributed by atoms with Crippen molar-refractivity contribution in [2.45, 2.75) is 32.7 Å². The number of carbonyl (C=O) groups is 1. The summed E-state index contributed by atoms with van der Waals surface area (Å²) in [6.45, 7) is 5.13. The number of nitrogens with zero attached hydrogens (tertiary/aromatic N) is 1. The quantitative estimate of drug-likeness (QED) is 0.833. The van der Waals surface area contributed by atoms with Gasteiger partial charge in [0.25, 0.3) is 5.91 Å². The number of hydrogen-bond acceptors (Lipinski definition) is 3. The lowest BCUT2D eigenvalue weighted by molar-refractivity contribution is 0.0574. The molecule has 0 aromatic heterocycles. The highest BCUT2D eigenvalue weighted by Gasteiger charge is 2.27. The summed E-state index contributed by atoms with van der Waals surface area (Å²) in [7, 11) is 1.56. The van der Waals surface area contributed by atoms with Gasteiger partial charge < -0.3 is 15.4 Å². The first kappa shape index (κ1) is 13.7. The Labute approximate surface area is 114 Å². The van der Waals surface area contributed by atoms with E-state index in [-0.39, 0.29) is 5.91 Å². The van der Waals surface area contributed by atoms with Gasteiger partial charge in [-0.25, -0.2) is 0 Å². The van der Waals surface area contributed by atoms with E-state index >= 15 is 0 Å². The van der Waals surface area contributed by atoms with Crippen LogP contribution in [0.15, 0.2) is 18.2 Å². The molecule has 1 saturated heterocycles. The zero-order valence-electron chi connectivity index (χ0n) is 11.8. The van der Waals surface area contributed by atoms with Gasteiger partial charge in [0.15, 0.2) is 0 Å². The molecule has 0 spiro atoms. The van der Waals surface area contributed by atoms with Crippen LogP contribution in [0.25, 0.3) is 0 Å². The van der Waals surface area contributed by atoms with Crippen LogP contribution in [0.1, 0.15) is 37.0 Å². The third kappa shape index (κ3) is 2.83. The molecule has 1 amide bonds. The molecule has 1 aromatic rings. The van der Waals surface area contributed by atoms with Crippen LogP contribution in [0.4, 0.5) is 5.69 Å². The number of nitrogens with two attached hydrogens (primary N) is 1. The van der Waals surface area contributed by atoms with Crippen molar-refractivity contribution in [3.8, 4) is 5.75 Å². The Morgan fingerprint density at radius 1 is 1.37 bits per heavy atom. The lowest BCUT2D eigenvalue weighted by Crippen LogP contribution is -2.44. The number of anilines is 1. The smallest absolute Gasteiger partial charge is 0.254 e. The molecule has 0 bridgehead atoms. The molecule has 0 aliphatic carbocycles. The summed E-state index contributed by atoms with van der Waals surface area (Å²) in [5.74, 6) is 1.19. The maximum Gasteiger partial charge on any atom is 0.254 e. The molecular weight excluding hydrogens is 240 g/mol. The van der Waals surface area contributed by atoms with Gasteiger partial charge in [0.05, 0.1) is 12.8 Å².